The minimum absolute atomic E-state index is 0.198. The highest BCUT2D eigenvalue weighted by atomic mass is 16.5. The van der Waals surface area contributed by atoms with Crippen molar-refractivity contribution < 1.29 is 28.8 Å². The number of nitrogens with zero attached hydrogens (tertiary/aromatic N) is 3. The van der Waals surface area contributed by atoms with Crippen LogP contribution >= 0.6 is 0 Å². The quantitative estimate of drug-likeness (QED) is 0.0253. The Kier molecular flexibility index (Phi) is 28.1. The van der Waals surface area contributed by atoms with Gasteiger partial charge in [-0.2, -0.15) is 0 Å². The van der Waals surface area contributed by atoms with Gasteiger partial charge >= 0.3 is 5.97 Å². The van der Waals surface area contributed by atoms with E-state index in [1.807, 2.05) is 0 Å². The summed E-state index contributed by atoms with van der Waals surface area (Å²) in [4.78, 5) is 34.5. The second-order valence-corrected chi connectivity index (χ2v) is 28.5. The first-order valence-electron chi connectivity index (χ1n) is 39.5. The molecule has 0 amide bonds. The van der Waals surface area contributed by atoms with Crippen molar-refractivity contribution >= 4 is 58.0 Å². The maximum Gasteiger partial charge on any atom is 0.335 e. The standard InChI is InChI=1S/C90H113N5O6/c1-6-11-16-21-25-30-60-98-81-39-35-40-82(99-61-31-26-22-17-12-7-2)88(81)86-75-52-50-71(91-75)69(49-45-65-43-46-66(47-44-65)90(96)97)72-51-53-76(92-72)87(89-83(100-62-32-27-23-18-13-8-3)41-36-42-84(89)101-63-33-28-24-19-14-9-4)78-57-55-74(94-78)85(73-54-56-77(86)93-73)67-48-58-80-70(64-67)68-37-34-38-79(68)95(80)59-29-20-15-10-5/h35-36,39-44,46-48,50-58,64,68,79,91,94H,6-34,37-38,59-63H2,1-5H3,(H,96,97). The largest absolute Gasteiger partial charge is 0.493 e. The van der Waals surface area contributed by atoms with Gasteiger partial charge in [-0.05, 0) is 165 Å². The number of H-pyrrole nitrogens is 2. The molecule has 1 saturated carbocycles. The van der Waals surface area contributed by atoms with E-state index in [4.69, 9.17) is 28.9 Å². The zero-order valence-electron chi connectivity index (χ0n) is 61.6. The number of aromatic nitrogens is 4. The summed E-state index contributed by atoms with van der Waals surface area (Å²) >= 11 is 0. The molecule has 11 nitrogen and oxygen atoms in total. The second kappa shape index (κ2) is 38.5. The first-order valence-corrected chi connectivity index (χ1v) is 39.5. The number of carboxylic acid groups (broad SMARTS) is 1. The van der Waals surface area contributed by atoms with Gasteiger partial charge in [0.2, 0.25) is 0 Å². The lowest BCUT2D eigenvalue weighted by Gasteiger charge is -2.27. The third-order valence-corrected chi connectivity index (χ3v) is 20.9. The molecule has 0 radical (unpaired) electrons. The van der Waals surface area contributed by atoms with E-state index in [-0.39, 0.29) is 5.56 Å². The van der Waals surface area contributed by atoms with Crippen LogP contribution in [0.3, 0.4) is 0 Å². The normalized spacial score (nSPS) is 14.3. The third kappa shape index (κ3) is 19.2. The fourth-order valence-electron chi connectivity index (χ4n) is 15.4. The number of unbranched alkanes of at least 4 members (excludes halogenated alkanes) is 23. The van der Waals surface area contributed by atoms with Crippen LogP contribution in [0.1, 0.15) is 289 Å². The van der Waals surface area contributed by atoms with E-state index in [0.29, 0.717) is 55.2 Å². The smallest absolute Gasteiger partial charge is 0.335 e. The molecule has 0 saturated heterocycles. The van der Waals surface area contributed by atoms with Gasteiger partial charge in [0.05, 0.1) is 77.0 Å². The average molecular weight is 1360 g/mol. The third-order valence-electron chi connectivity index (χ3n) is 20.9. The van der Waals surface area contributed by atoms with Crippen LogP contribution in [0, 0.1) is 11.8 Å². The summed E-state index contributed by atoms with van der Waals surface area (Å²) in [6, 6.07) is 35.8. The molecule has 11 rings (SSSR count). The molecule has 4 aliphatic rings. The van der Waals surface area contributed by atoms with Gasteiger partial charge in [-0.1, -0.05) is 219 Å². The van der Waals surface area contributed by atoms with Crippen LogP contribution in [-0.2, 0) is 0 Å². The molecular weight excluding hydrogens is 1250 g/mol. The van der Waals surface area contributed by atoms with Crippen LogP contribution in [0.4, 0.5) is 5.69 Å². The number of rotatable bonds is 41. The summed E-state index contributed by atoms with van der Waals surface area (Å²) in [7, 11) is 0. The van der Waals surface area contributed by atoms with E-state index in [2.05, 4.69) is 164 Å². The summed E-state index contributed by atoms with van der Waals surface area (Å²) in [5.41, 5.74) is 16.3. The van der Waals surface area contributed by atoms with E-state index in [1.54, 1.807) is 24.3 Å². The van der Waals surface area contributed by atoms with Crippen LogP contribution in [-0.4, -0.2) is 70.0 Å². The molecular formula is C90H113N5O6. The Hall–Kier alpha value is -8.49. The molecule has 3 N–H and O–H groups in total. The molecule has 2 atom stereocenters. The van der Waals surface area contributed by atoms with Gasteiger partial charge in [0.15, 0.2) is 0 Å². The van der Waals surface area contributed by atoms with Crippen LogP contribution in [0.15, 0.2) is 103 Å². The molecule has 0 spiro atoms. The summed E-state index contributed by atoms with van der Waals surface area (Å²) in [6.45, 7) is 14.7. The summed E-state index contributed by atoms with van der Waals surface area (Å²) in [6.07, 6.45) is 44.8. The molecule has 7 aromatic rings. The van der Waals surface area contributed by atoms with Crippen molar-refractivity contribution in [1.82, 2.24) is 19.9 Å². The number of nitrogens with one attached hydrogen (secondary N) is 2. The Morgan fingerprint density at radius 2 is 0.861 bits per heavy atom. The molecule has 534 valence electrons. The number of aromatic carboxylic acids is 1. The Morgan fingerprint density at radius 1 is 0.446 bits per heavy atom. The van der Waals surface area contributed by atoms with Crippen LogP contribution in [0.25, 0.3) is 79.8 Å². The molecule has 1 aliphatic carbocycles. The van der Waals surface area contributed by atoms with Crippen molar-refractivity contribution in [1.29, 1.82) is 0 Å². The van der Waals surface area contributed by atoms with Gasteiger partial charge in [-0.3, -0.25) is 0 Å². The van der Waals surface area contributed by atoms with Gasteiger partial charge in [0.1, 0.15) is 23.0 Å². The Labute approximate surface area is 603 Å². The highest BCUT2D eigenvalue weighted by Crippen LogP contribution is 2.52. The Bertz CT molecular complexity index is 3990. The molecule has 8 bridgehead atoms. The number of carboxylic acids is 1. The maximum absolute atomic E-state index is 12.1. The Morgan fingerprint density at radius 3 is 1.35 bits per heavy atom. The molecule has 6 heterocycles. The summed E-state index contributed by atoms with van der Waals surface area (Å²) in [5, 5.41) is 9.90. The zero-order valence-corrected chi connectivity index (χ0v) is 61.6. The first-order chi connectivity index (χ1) is 49.8. The number of anilines is 1. The van der Waals surface area contributed by atoms with Crippen molar-refractivity contribution in [3.63, 3.8) is 0 Å². The first kappa shape index (κ1) is 73.7. The molecule has 101 heavy (non-hydrogen) atoms. The lowest BCUT2D eigenvalue weighted by molar-refractivity contribution is 0.0696. The minimum Gasteiger partial charge on any atom is -0.493 e. The predicted molar refractivity (Wildman–Crippen MR) is 422 cm³/mol. The second-order valence-electron chi connectivity index (χ2n) is 28.5. The fraction of sp³-hybridized carbons (Fsp3) is 0.478. The fourth-order valence-corrected chi connectivity index (χ4v) is 15.4. The van der Waals surface area contributed by atoms with E-state index in [9.17, 15) is 9.90 Å². The van der Waals surface area contributed by atoms with E-state index in [0.717, 1.165) is 153 Å². The predicted octanol–water partition coefficient (Wildman–Crippen LogP) is 24.7. The van der Waals surface area contributed by atoms with Crippen LogP contribution < -0.4 is 23.8 Å². The highest BCUT2D eigenvalue weighted by Gasteiger charge is 2.41. The highest BCUT2D eigenvalue weighted by molar-refractivity contribution is 6.01. The molecule has 2 unspecified atom stereocenters. The Balaban J connectivity index is 1.18. The lowest BCUT2D eigenvalue weighted by Crippen LogP contribution is -2.32. The number of ether oxygens (including phenoxy) is 4. The zero-order chi connectivity index (χ0) is 70.0. The van der Waals surface area contributed by atoms with E-state index < -0.39 is 5.97 Å². The minimum atomic E-state index is -0.988. The van der Waals surface area contributed by atoms with E-state index in [1.165, 1.54) is 159 Å². The van der Waals surface area contributed by atoms with Crippen molar-refractivity contribution in [3.05, 3.63) is 148 Å². The molecule has 1 fully saturated rings. The van der Waals surface area contributed by atoms with Crippen LogP contribution in [0.5, 0.6) is 23.0 Å². The van der Waals surface area contributed by atoms with Gasteiger partial charge in [-0.25, -0.2) is 14.8 Å². The van der Waals surface area contributed by atoms with Crippen molar-refractivity contribution in [2.24, 2.45) is 0 Å². The number of carbonyl (C=O) groups is 1. The van der Waals surface area contributed by atoms with Crippen molar-refractivity contribution in [3.8, 4) is 68.2 Å². The maximum atomic E-state index is 12.1. The van der Waals surface area contributed by atoms with Crippen molar-refractivity contribution in [2.45, 2.75) is 246 Å². The van der Waals surface area contributed by atoms with Crippen molar-refractivity contribution in [2.75, 3.05) is 37.9 Å². The van der Waals surface area contributed by atoms with Gasteiger partial charge < -0.3 is 38.9 Å². The van der Waals surface area contributed by atoms with Crippen LogP contribution in [0.2, 0.25) is 0 Å². The number of hydrogen-bond donors (Lipinski definition) is 3. The van der Waals surface area contributed by atoms with Gasteiger partial charge in [0, 0.05) is 63.0 Å². The van der Waals surface area contributed by atoms with Gasteiger partial charge in [-0.15, -0.1) is 0 Å². The average Bonchev–Trinajstić information content (AvgIpc) is 1.62. The molecule has 4 aromatic carbocycles. The number of fused-ring (bicyclic) bond motifs is 11. The summed E-state index contributed by atoms with van der Waals surface area (Å²) < 4.78 is 28.1. The topological polar surface area (TPSA) is 135 Å². The monoisotopic (exact) mass is 1360 g/mol. The SMILES string of the molecule is CCCCCCCCOc1cccc(OCCCCCCCC)c1-c1c2nc(c(-c3ccc4c(c3)C3CCCC3N4CCCCCC)c3ccc([nH]3)c(-c3c(OCCCCCCCC)cccc3OCCCCCCCC)c3nc(c(C#Cc4ccc(C(=O)O)cc4)c4ccc1[nH]4)C=C3)C=C2. The summed E-state index contributed by atoms with van der Waals surface area (Å²) in [5.74, 6) is 9.51. The molecule has 3 aromatic heterocycles. The van der Waals surface area contributed by atoms with E-state index >= 15 is 0 Å². The number of aromatic amines is 2. The number of hydrogen-bond acceptors (Lipinski definition) is 8. The molecule has 11 heteroatoms. The lowest BCUT2D eigenvalue weighted by atomic mass is 9.93. The molecule has 3 aliphatic heterocycles. The number of benzene rings is 4. The van der Waals surface area contributed by atoms with Gasteiger partial charge in [0.25, 0.3) is 0 Å².